The van der Waals surface area contributed by atoms with Crippen LogP contribution in [0.2, 0.25) is 0 Å². The van der Waals surface area contributed by atoms with E-state index in [1.807, 2.05) is 18.2 Å². The van der Waals surface area contributed by atoms with E-state index < -0.39 is 15.9 Å². The minimum atomic E-state index is -3.60. The molecule has 2 amide bonds. The number of sulfonamides is 1. The molecule has 2 aromatic rings. The molecule has 0 bridgehead atoms. The van der Waals surface area contributed by atoms with Crippen molar-refractivity contribution >= 4 is 43.3 Å². The van der Waals surface area contributed by atoms with Crippen molar-refractivity contribution < 1.29 is 18.0 Å². The molecule has 26 heavy (non-hydrogen) atoms. The molecule has 1 aromatic heterocycles. The van der Waals surface area contributed by atoms with E-state index in [-0.39, 0.29) is 25.5 Å². The van der Waals surface area contributed by atoms with Gasteiger partial charge in [-0.3, -0.25) is 9.59 Å². The van der Waals surface area contributed by atoms with Crippen molar-refractivity contribution in [2.45, 2.75) is 4.90 Å². The van der Waals surface area contributed by atoms with E-state index in [2.05, 4.69) is 11.9 Å². The predicted octanol–water partition coefficient (Wildman–Crippen LogP) is 1.04. The van der Waals surface area contributed by atoms with Crippen LogP contribution in [0.3, 0.4) is 0 Å². The molecule has 0 saturated carbocycles. The largest absolute Gasteiger partial charge is 0.343 e. The quantitative estimate of drug-likeness (QED) is 0.769. The van der Waals surface area contributed by atoms with E-state index >= 15 is 0 Å². The predicted molar refractivity (Wildman–Crippen MR) is 100 cm³/mol. The highest BCUT2D eigenvalue weighted by molar-refractivity contribution is 7.89. The summed E-state index contributed by atoms with van der Waals surface area (Å²) in [4.78, 5) is 25.1. The summed E-state index contributed by atoms with van der Waals surface area (Å²) in [5.41, 5.74) is 0. The Balaban J connectivity index is 1.66. The summed E-state index contributed by atoms with van der Waals surface area (Å²) in [6.07, 6.45) is 1.10. The van der Waals surface area contributed by atoms with Crippen molar-refractivity contribution in [1.82, 2.24) is 14.5 Å². The first-order chi connectivity index (χ1) is 12.4. The number of benzene rings is 1. The van der Waals surface area contributed by atoms with Crippen LogP contribution in [0.1, 0.15) is 0 Å². The fourth-order valence-electron chi connectivity index (χ4n) is 2.82. The summed E-state index contributed by atoms with van der Waals surface area (Å²) < 4.78 is 28.2. The second-order valence-corrected chi connectivity index (χ2v) is 8.62. The number of amides is 2. The molecule has 1 saturated heterocycles. The van der Waals surface area contributed by atoms with Gasteiger partial charge < -0.3 is 10.2 Å². The third-order valence-electron chi connectivity index (χ3n) is 4.25. The van der Waals surface area contributed by atoms with Gasteiger partial charge in [-0.05, 0) is 12.1 Å². The molecule has 2 heterocycles. The zero-order valence-corrected chi connectivity index (χ0v) is 15.7. The van der Waals surface area contributed by atoms with E-state index in [4.69, 9.17) is 0 Å². The first-order valence-corrected chi connectivity index (χ1v) is 10.4. The Morgan fingerprint density at radius 3 is 2.58 bits per heavy atom. The minimum Gasteiger partial charge on any atom is -0.343 e. The number of carbonyl (C=O) groups is 2. The van der Waals surface area contributed by atoms with Gasteiger partial charge in [-0.25, -0.2) is 8.42 Å². The Bertz CT molecular complexity index is 944. The van der Waals surface area contributed by atoms with Gasteiger partial charge in [0.25, 0.3) is 0 Å². The molecule has 0 spiro atoms. The van der Waals surface area contributed by atoms with Crippen LogP contribution in [0.15, 0.2) is 47.2 Å². The fourth-order valence-corrected chi connectivity index (χ4v) is 5.71. The summed E-state index contributed by atoms with van der Waals surface area (Å²) in [6.45, 7) is 4.26. The molecule has 1 aromatic carbocycles. The van der Waals surface area contributed by atoms with E-state index in [1.54, 1.807) is 16.3 Å². The average Bonchev–Trinajstić information content (AvgIpc) is 3.10. The number of rotatable bonds is 5. The molecule has 3 rings (SSSR count). The molecule has 0 radical (unpaired) electrons. The number of nitrogens with zero attached hydrogens (tertiary/aromatic N) is 2. The molecule has 9 heteroatoms. The molecule has 1 aliphatic rings. The number of fused-ring (bicyclic) bond motifs is 1. The van der Waals surface area contributed by atoms with Crippen LogP contribution in [-0.4, -0.2) is 62.2 Å². The van der Waals surface area contributed by atoms with Gasteiger partial charge in [0, 0.05) is 41.6 Å². The highest BCUT2D eigenvalue weighted by Crippen LogP contribution is 2.31. The van der Waals surface area contributed by atoms with Crippen molar-refractivity contribution in [3.05, 3.63) is 42.3 Å². The standard InChI is InChI=1S/C17H19N3O4S2/c1-2-16(21)18-11-17(22)19-7-9-20(10-8-19)26(23,24)15-12-25-14-6-4-3-5-13(14)15/h2-6,12H,1,7-11H2,(H,18,21). The van der Waals surface area contributed by atoms with Gasteiger partial charge in [-0.1, -0.05) is 24.8 Å². The number of hydrogen-bond donors (Lipinski definition) is 1. The lowest BCUT2D eigenvalue weighted by molar-refractivity contribution is -0.133. The van der Waals surface area contributed by atoms with Crippen LogP contribution >= 0.6 is 11.3 Å². The molecule has 1 N–H and O–H groups in total. The second kappa shape index (κ2) is 7.56. The molecule has 0 atom stereocenters. The van der Waals surface area contributed by atoms with Crippen molar-refractivity contribution in [3.8, 4) is 0 Å². The second-order valence-electron chi connectivity index (χ2n) is 5.80. The molecule has 7 nitrogen and oxygen atoms in total. The van der Waals surface area contributed by atoms with Crippen LogP contribution in [-0.2, 0) is 19.6 Å². The summed E-state index contributed by atoms with van der Waals surface area (Å²) in [5, 5.41) is 4.83. The lowest BCUT2D eigenvalue weighted by Gasteiger charge is -2.34. The van der Waals surface area contributed by atoms with Gasteiger partial charge >= 0.3 is 0 Å². The van der Waals surface area contributed by atoms with Crippen LogP contribution in [0, 0.1) is 0 Å². The monoisotopic (exact) mass is 393 g/mol. The first-order valence-electron chi connectivity index (χ1n) is 8.08. The Kier molecular flexibility index (Phi) is 5.40. The van der Waals surface area contributed by atoms with Crippen LogP contribution in [0.4, 0.5) is 0 Å². The van der Waals surface area contributed by atoms with Gasteiger partial charge in [0.05, 0.1) is 6.54 Å². The highest BCUT2D eigenvalue weighted by atomic mass is 32.2. The molecular weight excluding hydrogens is 374 g/mol. The topological polar surface area (TPSA) is 86.8 Å². The maximum Gasteiger partial charge on any atom is 0.244 e. The van der Waals surface area contributed by atoms with Gasteiger partial charge in [0.15, 0.2) is 0 Å². The Hall–Kier alpha value is -2.23. The number of carbonyl (C=O) groups excluding carboxylic acids is 2. The van der Waals surface area contributed by atoms with Crippen molar-refractivity contribution in [2.75, 3.05) is 32.7 Å². The molecular formula is C17H19N3O4S2. The molecule has 1 aliphatic heterocycles. The van der Waals surface area contributed by atoms with Crippen molar-refractivity contribution in [1.29, 1.82) is 0 Å². The van der Waals surface area contributed by atoms with Crippen LogP contribution < -0.4 is 5.32 Å². The highest BCUT2D eigenvalue weighted by Gasteiger charge is 2.31. The normalized spacial score (nSPS) is 15.8. The third-order valence-corrected chi connectivity index (χ3v) is 7.31. The van der Waals surface area contributed by atoms with Crippen LogP contribution in [0.5, 0.6) is 0 Å². The number of piperazine rings is 1. The van der Waals surface area contributed by atoms with Gasteiger partial charge in [0.1, 0.15) is 4.90 Å². The minimum absolute atomic E-state index is 0.118. The number of thiophene rings is 1. The zero-order valence-electron chi connectivity index (χ0n) is 14.1. The van der Waals surface area contributed by atoms with E-state index in [0.717, 1.165) is 16.2 Å². The summed E-state index contributed by atoms with van der Waals surface area (Å²) in [6, 6.07) is 7.40. The van der Waals surface area contributed by atoms with Gasteiger partial charge in [-0.15, -0.1) is 11.3 Å². The first kappa shape index (κ1) is 18.6. The van der Waals surface area contributed by atoms with E-state index in [0.29, 0.717) is 18.0 Å². The number of hydrogen-bond acceptors (Lipinski definition) is 5. The Morgan fingerprint density at radius 2 is 1.88 bits per heavy atom. The fraction of sp³-hybridized carbons (Fsp3) is 0.294. The van der Waals surface area contributed by atoms with Crippen LogP contribution in [0.25, 0.3) is 10.1 Å². The molecule has 0 unspecified atom stereocenters. The average molecular weight is 393 g/mol. The van der Waals surface area contributed by atoms with Gasteiger partial charge in [0.2, 0.25) is 21.8 Å². The Morgan fingerprint density at radius 1 is 1.19 bits per heavy atom. The van der Waals surface area contributed by atoms with Crippen molar-refractivity contribution in [3.63, 3.8) is 0 Å². The summed E-state index contributed by atoms with van der Waals surface area (Å²) >= 11 is 1.40. The molecule has 138 valence electrons. The molecule has 1 fully saturated rings. The summed E-state index contributed by atoms with van der Waals surface area (Å²) in [7, 11) is -3.60. The van der Waals surface area contributed by atoms with E-state index in [1.165, 1.54) is 15.6 Å². The lowest BCUT2D eigenvalue weighted by atomic mass is 10.3. The Labute approximate surface area is 155 Å². The maximum atomic E-state index is 13.0. The van der Waals surface area contributed by atoms with Crippen molar-refractivity contribution in [2.24, 2.45) is 0 Å². The smallest absolute Gasteiger partial charge is 0.244 e. The maximum absolute atomic E-state index is 13.0. The van der Waals surface area contributed by atoms with E-state index in [9.17, 15) is 18.0 Å². The zero-order chi connectivity index (χ0) is 18.7. The van der Waals surface area contributed by atoms with Gasteiger partial charge in [-0.2, -0.15) is 4.31 Å². The lowest BCUT2D eigenvalue weighted by Crippen LogP contribution is -2.52. The summed E-state index contributed by atoms with van der Waals surface area (Å²) in [5.74, 6) is -0.651. The molecule has 0 aliphatic carbocycles. The SMILES string of the molecule is C=CC(=O)NCC(=O)N1CCN(S(=O)(=O)c2csc3ccccc23)CC1. The third kappa shape index (κ3) is 3.64. The number of nitrogens with one attached hydrogen (secondary N) is 1.